The Morgan fingerprint density at radius 1 is 1.35 bits per heavy atom. The maximum atomic E-state index is 11.4. The Hall–Kier alpha value is -1.55. The average molecular weight is 278 g/mol. The summed E-state index contributed by atoms with van der Waals surface area (Å²) in [6, 6.07) is 7.89. The van der Waals surface area contributed by atoms with Crippen LogP contribution in [0.2, 0.25) is 0 Å². The highest BCUT2D eigenvalue weighted by Crippen LogP contribution is 2.30. The number of amides is 1. The van der Waals surface area contributed by atoms with E-state index in [1.54, 1.807) is 0 Å². The lowest BCUT2D eigenvalue weighted by molar-refractivity contribution is -0.121. The van der Waals surface area contributed by atoms with Crippen molar-refractivity contribution in [1.82, 2.24) is 5.32 Å². The smallest absolute Gasteiger partial charge is 0.221 e. The van der Waals surface area contributed by atoms with E-state index in [1.807, 2.05) is 25.1 Å². The minimum absolute atomic E-state index is 0.0345. The summed E-state index contributed by atoms with van der Waals surface area (Å²) in [4.78, 5) is 11.4. The van der Waals surface area contributed by atoms with Crippen LogP contribution in [0.3, 0.4) is 0 Å². The van der Waals surface area contributed by atoms with Crippen molar-refractivity contribution in [1.29, 1.82) is 0 Å². The van der Waals surface area contributed by atoms with E-state index < -0.39 is 0 Å². The number of carbonyl (C=O) groups excluding carboxylic acids is 1. The van der Waals surface area contributed by atoms with Gasteiger partial charge >= 0.3 is 0 Å². The molecule has 1 amide bonds. The van der Waals surface area contributed by atoms with Crippen LogP contribution in [0.5, 0.6) is 5.75 Å². The second kappa shape index (κ2) is 7.29. The van der Waals surface area contributed by atoms with E-state index in [4.69, 9.17) is 10.5 Å². The largest absolute Gasteiger partial charge is 0.491 e. The van der Waals surface area contributed by atoms with E-state index in [1.165, 1.54) is 5.56 Å². The summed E-state index contributed by atoms with van der Waals surface area (Å²) in [5.74, 6) is 0.842. The molecule has 0 radical (unpaired) electrons. The highest BCUT2D eigenvalue weighted by molar-refractivity contribution is 5.76. The number of ether oxygens (including phenoxy) is 1. The maximum absolute atomic E-state index is 11.4. The second-order valence-electron chi connectivity index (χ2n) is 6.13. The van der Waals surface area contributed by atoms with E-state index in [2.05, 4.69) is 32.2 Å². The number of carbonyl (C=O) groups is 1. The highest BCUT2D eigenvalue weighted by atomic mass is 16.5. The molecule has 4 nitrogen and oxygen atoms in total. The van der Waals surface area contributed by atoms with Gasteiger partial charge in [0.1, 0.15) is 12.4 Å². The van der Waals surface area contributed by atoms with Crippen molar-refractivity contribution in [3.8, 4) is 5.75 Å². The molecule has 0 bridgehead atoms. The molecule has 0 saturated carbocycles. The first-order chi connectivity index (χ1) is 9.30. The van der Waals surface area contributed by atoms with Crippen LogP contribution in [0.1, 0.15) is 39.7 Å². The zero-order valence-electron chi connectivity index (χ0n) is 12.9. The molecule has 0 saturated heterocycles. The van der Waals surface area contributed by atoms with Gasteiger partial charge in [0.2, 0.25) is 5.91 Å². The molecular formula is C16H26N2O2. The average Bonchev–Trinajstić information content (AvgIpc) is 2.33. The molecule has 0 fully saturated rings. The minimum atomic E-state index is -0.113. The first-order valence-corrected chi connectivity index (χ1v) is 7.05. The van der Waals surface area contributed by atoms with Gasteiger partial charge in [-0.3, -0.25) is 4.79 Å². The SMILES string of the molecule is CC(N)CC(=O)NCCOc1ccccc1C(C)(C)C. The Balaban J connectivity index is 2.45. The molecule has 0 aliphatic carbocycles. The van der Waals surface area contributed by atoms with E-state index >= 15 is 0 Å². The quantitative estimate of drug-likeness (QED) is 0.784. The van der Waals surface area contributed by atoms with Crippen LogP contribution in [-0.2, 0) is 10.2 Å². The van der Waals surface area contributed by atoms with Crippen molar-refractivity contribution in [3.63, 3.8) is 0 Å². The maximum Gasteiger partial charge on any atom is 0.221 e. The van der Waals surface area contributed by atoms with Gasteiger partial charge in [-0.1, -0.05) is 39.0 Å². The van der Waals surface area contributed by atoms with Gasteiger partial charge in [-0.2, -0.15) is 0 Å². The summed E-state index contributed by atoms with van der Waals surface area (Å²) in [6.45, 7) is 9.22. The lowest BCUT2D eigenvalue weighted by Crippen LogP contribution is -2.32. The molecule has 0 heterocycles. The van der Waals surface area contributed by atoms with Crippen molar-refractivity contribution in [2.45, 2.75) is 45.6 Å². The molecule has 1 unspecified atom stereocenters. The number of nitrogens with two attached hydrogens (primary N) is 1. The van der Waals surface area contributed by atoms with E-state index in [0.29, 0.717) is 19.6 Å². The number of hydrogen-bond acceptors (Lipinski definition) is 3. The number of rotatable bonds is 6. The lowest BCUT2D eigenvalue weighted by atomic mass is 9.86. The van der Waals surface area contributed by atoms with Crippen molar-refractivity contribution >= 4 is 5.91 Å². The van der Waals surface area contributed by atoms with Gasteiger partial charge in [-0.05, 0) is 24.0 Å². The van der Waals surface area contributed by atoms with Crippen LogP contribution >= 0.6 is 0 Å². The monoisotopic (exact) mass is 278 g/mol. The van der Waals surface area contributed by atoms with Gasteiger partial charge < -0.3 is 15.8 Å². The standard InChI is InChI=1S/C16H26N2O2/c1-12(17)11-15(19)18-9-10-20-14-8-6-5-7-13(14)16(2,3)4/h5-8,12H,9-11,17H2,1-4H3,(H,18,19). The molecule has 112 valence electrons. The zero-order chi connectivity index (χ0) is 15.2. The normalized spacial score (nSPS) is 12.8. The molecular weight excluding hydrogens is 252 g/mol. The lowest BCUT2D eigenvalue weighted by Gasteiger charge is -2.22. The van der Waals surface area contributed by atoms with Crippen molar-refractivity contribution in [3.05, 3.63) is 29.8 Å². The Morgan fingerprint density at radius 2 is 2.00 bits per heavy atom. The number of nitrogens with one attached hydrogen (secondary N) is 1. The van der Waals surface area contributed by atoms with Crippen molar-refractivity contribution in [2.75, 3.05) is 13.2 Å². The second-order valence-corrected chi connectivity index (χ2v) is 6.13. The Morgan fingerprint density at radius 3 is 2.60 bits per heavy atom. The van der Waals surface area contributed by atoms with E-state index in [0.717, 1.165) is 5.75 Å². The third-order valence-corrected chi connectivity index (χ3v) is 2.88. The number of para-hydroxylation sites is 1. The van der Waals surface area contributed by atoms with Gasteiger partial charge in [-0.25, -0.2) is 0 Å². The number of benzene rings is 1. The molecule has 0 aliphatic rings. The van der Waals surface area contributed by atoms with Gasteiger partial charge in [0, 0.05) is 12.5 Å². The molecule has 3 N–H and O–H groups in total. The molecule has 1 aromatic rings. The fourth-order valence-corrected chi connectivity index (χ4v) is 1.93. The Bertz CT molecular complexity index is 436. The Labute approximate surface area is 121 Å². The van der Waals surface area contributed by atoms with E-state index in [9.17, 15) is 4.79 Å². The topological polar surface area (TPSA) is 64.4 Å². The summed E-state index contributed by atoms with van der Waals surface area (Å²) in [5, 5.41) is 2.80. The summed E-state index contributed by atoms with van der Waals surface area (Å²) >= 11 is 0. The molecule has 0 aliphatic heterocycles. The van der Waals surface area contributed by atoms with Crippen LogP contribution < -0.4 is 15.8 Å². The first-order valence-electron chi connectivity index (χ1n) is 7.05. The highest BCUT2D eigenvalue weighted by Gasteiger charge is 2.18. The fraction of sp³-hybridized carbons (Fsp3) is 0.562. The summed E-state index contributed by atoms with van der Waals surface area (Å²) in [6.07, 6.45) is 0.346. The molecule has 4 heteroatoms. The van der Waals surface area contributed by atoms with Crippen molar-refractivity contribution < 1.29 is 9.53 Å². The Kier molecular flexibility index (Phi) is 6.02. The van der Waals surface area contributed by atoms with Crippen LogP contribution in [-0.4, -0.2) is 25.1 Å². The van der Waals surface area contributed by atoms with Crippen LogP contribution in [0.25, 0.3) is 0 Å². The molecule has 0 aromatic heterocycles. The van der Waals surface area contributed by atoms with E-state index in [-0.39, 0.29) is 17.4 Å². The van der Waals surface area contributed by atoms with Crippen LogP contribution in [0, 0.1) is 0 Å². The molecule has 0 spiro atoms. The predicted octanol–water partition coefficient (Wildman–Crippen LogP) is 2.22. The summed E-state index contributed by atoms with van der Waals surface area (Å²) < 4.78 is 5.77. The van der Waals surface area contributed by atoms with Gasteiger partial charge in [-0.15, -0.1) is 0 Å². The molecule has 1 atom stereocenters. The number of hydrogen-bond donors (Lipinski definition) is 2. The van der Waals surface area contributed by atoms with Crippen LogP contribution in [0.4, 0.5) is 0 Å². The summed E-state index contributed by atoms with van der Waals surface area (Å²) in [7, 11) is 0. The van der Waals surface area contributed by atoms with Crippen molar-refractivity contribution in [2.24, 2.45) is 5.73 Å². The minimum Gasteiger partial charge on any atom is -0.491 e. The van der Waals surface area contributed by atoms with Crippen LogP contribution in [0.15, 0.2) is 24.3 Å². The summed E-state index contributed by atoms with van der Waals surface area (Å²) in [5.41, 5.74) is 6.77. The zero-order valence-corrected chi connectivity index (χ0v) is 12.9. The van der Waals surface area contributed by atoms with Gasteiger partial charge in [0.05, 0.1) is 6.54 Å². The molecule has 1 rings (SSSR count). The third kappa shape index (κ3) is 5.61. The third-order valence-electron chi connectivity index (χ3n) is 2.88. The van der Waals surface area contributed by atoms with Gasteiger partial charge in [0.15, 0.2) is 0 Å². The predicted molar refractivity (Wildman–Crippen MR) is 81.9 cm³/mol. The fourth-order valence-electron chi connectivity index (χ4n) is 1.93. The first kappa shape index (κ1) is 16.5. The van der Waals surface area contributed by atoms with Gasteiger partial charge in [0.25, 0.3) is 0 Å². The molecule has 1 aromatic carbocycles. The molecule has 20 heavy (non-hydrogen) atoms.